The third-order valence-corrected chi connectivity index (χ3v) is 3.64. The molecule has 112 valence electrons. The fourth-order valence-corrected chi connectivity index (χ4v) is 2.62. The normalized spacial score (nSPS) is 10.7. The molecule has 0 radical (unpaired) electrons. The van der Waals surface area contributed by atoms with Crippen molar-refractivity contribution in [3.05, 3.63) is 40.5 Å². The standard InChI is InChI=1S/C14H17FN4OS/c1-8(2)18-14-19-12(16)11(21-14)13(20)17-7-9-3-5-10(15)6-4-9/h3-6,8H,7,16H2,1-2H3,(H,17,20)(H,18,19). The molecule has 0 aliphatic carbocycles. The molecule has 2 rings (SSSR count). The number of aromatic nitrogens is 1. The molecule has 2 aromatic rings. The summed E-state index contributed by atoms with van der Waals surface area (Å²) in [5.74, 6) is -0.382. The second-order valence-electron chi connectivity index (χ2n) is 4.84. The average molecular weight is 308 g/mol. The van der Waals surface area contributed by atoms with Gasteiger partial charge in [0.25, 0.3) is 5.91 Å². The van der Waals surface area contributed by atoms with Crippen LogP contribution < -0.4 is 16.4 Å². The van der Waals surface area contributed by atoms with Crippen molar-refractivity contribution in [2.45, 2.75) is 26.4 Å². The van der Waals surface area contributed by atoms with Crippen LogP contribution in [0.15, 0.2) is 24.3 Å². The third-order valence-electron chi connectivity index (χ3n) is 2.64. The summed E-state index contributed by atoms with van der Waals surface area (Å²) in [4.78, 5) is 16.6. The Hall–Kier alpha value is -2.15. The van der Waals surface area contributed by atoms with Crippen LogP contribution in [0, 0.1) is 5.82 Å². The second-order valence-corrected chi connectivity index (χ2v) is 5.84. The largest absolute Gasteiger partial charge is 0.382 e. The Morgan fingerprint density at radius 1 is 1.38 bits per heavy atom. The van der Waals surface area contributed by atoms with Crippen LogP contribution in [0.25, 0.3) is 0 Å². The summed E-state index contributed by atoms with van der Waals surface area (Å²) in [5, 5.41) is 6.47. The molecule has 0 saturated heterocycles. The molecular weight excluding hydrogens is 291 g/mol. The van der Waals surface area contributed by atoms with E-state index >= 15 is 0 Å². The third kappa shape index (κ3) is 4.16. The van der Waals surface area contributed by atoms with Crippen molar-refractivity contribution >= 4 is 28.2 Å². The van der Waals surface area contributed by atoms with Gasteiger partial charge in [0.2, 0.25) is 0 Å². The van der Waals surface area contributed by atoms with Gasteiger partial charge in [-0.2, -0.15) is 0 Å². The number of nitrogen functional groups attached to an aromatic ring is 1. The first-order valence-electron chi connectivity index (χ1n) is 6.51. The maximum Gasteiger partial charge on any atom is 0.265 e. The number of nitrogens with one attached hydrogen (secondary N) is 2. The lowest BCUT2D eigenvalue weighted by Gasteiger charge is -2.04. The first-order valence-corrected chi connectivity index (χ1v) is 7.33. The van der Waals surface area contributed by atoms with E-state index < -0.39 is 0 Å². The molecule has 1 amide bonds. The molecule has 0 atom stereocenters. The number of anilines is 2. The SMILES string of the molecule is CC(C)Nc1nc(N)c(C(=O)NCc2ccc(F)cc2)s1. The Balaban J connectivity index is 2.00. The lowest BCUT2D eigenvalue weighted by Crippen LogP contribution is -2.22. The van der Waals surface area contributed by atoms with Gasteiger partial charge in [-0.25, -0.2) is 9.37 Å². The van der Waals surface area contributed by atoms with Crippen molar-refractivity contribution in [3.63, 3.8) is 0 Å². The van der Waals surface area contributed by atoms with Crippen molar-refractivity contribution in [1.29, 1.82) is 0 Å². The van der Waals surface area contributed by atoms with E-state index in [2.05, 4.69) is 15.6 Å². The van der Waals surface area contributed by atoms with E-state index in [0.29, 0.717) is 16.6 Å². The van der Waals surface area contributed by atoms with Crippen LogP contribution in [-0.2, 0) is 6.54 Å². The summed E-state index contributed by atoms with van der Waals surface area (Å²) in [6.07, 6.45) is 0. The molecule has 0 unspecified atom stereocenters. The van der Waals surface area contributed by atoms with Gasteiger partial charge in [-0.1, -0.05) is 23.5 Å². The minimum atomic E-state index is -0.304. The molecule has 0 bridgehead atoms. The molecule has 0 aliphatic heterocycles. The van der Waals surface area contributed by atoms with Crippen LogP contribution in [-0.4, -0.2) is 16.9 Å². The highest BCUT2D eigenvalue weighted by atomic mass is 32.1. The predicted molar refractivity (Wildman–Crippen MR) is 82.9 cm³/mol. The van der Waals surface area contributed by atoms with Crippen molar-refractivity contribution in [2.24, 2.45) is 0 Å². The number of thiazole rings is 1. The van der Waals surface area contributed by atoms with Gasteiger partial charge in [-0.3, -0.25) is 4.79 Å². The minimum Gasteiger partial charge on any atom is -0.382 e. The fraction of sp³-hybridized carbons (Fsp3) is 0.286. The number of halogens is 1. The zero-order chi connectivity index (χ0) is 15.4. The Labute approximate surface area is 126 Å². The molecule has 0 saturated carbocycles. The van der Waals surface area contributed by atoms with Gasteiger partial charge in [0.05, 0.1) is 0 Å². The highest BCUT2D eigenvalue weighted by Crippen LogP contribution is 2.25. The molecule has 1 aromatic heterocycles. The van der Waals surface area contributed by atoms with E-state index in [1.807, 2.05) is 13.8 Å². The molecule has 5 nitrogen and oxygen atoms in total. The van der Waals surface area contributed by atoms with Gasteiger partial charge in [-0.15, -0.1) is 0 Å². The van der Waals surface area contributed by atoms with E-state index in [0.717, 1.165) is 5.56 Å². The summed E-state index contributed by atoms with van der Waals surface area (Å²) in [5.41, 5.74) is 6.57. The van der Waals surface area contributed by atoms with Gasteiger partial charge in [-0.05, 0) is 31.5 Å². The average Bonchev–Trinajstić information content (AvgIpc) is 2.77. The molecule has 0 fully saturated rings. The van der Waals surface area contributed by atoms with E-state index in [9.17, 15) is 9.18 Å². The van der Waals surface area contributed by atoms with Crippen LogP contribution in [0.2, 0.25) is 0 Å². The summed E-state index contributed by atoms with van der Waals surface area (Å²) in [7, 11) is 0. The summed E-state index contributed by atoms with van der Waals surface area (Å²) < 4.78 is 12.8. The summed E-state index contributed by atoms with van der Waals surface area (Å²) >= 11 is 1.21. The number of carbonyl (C=O) groups is 1. The first kappa shape index (κ1) is 15.2. The number of nitrogens with zero attached hydrogens (tertiary/aromatic N) is 1. The van der Waals surface area contributed by atoms with Crippen LogP contribution in [0.4, 0.5) is 15.3 Å². The van der Waals surface area contributed by atoms with Crippen LogP contribution in [0.1, 0.15) is 29.1 Å². The molecule has 21 heavy (non-hydrogen) atoms. The number of rotatable bonds is 5. The monoisotopic (exact) mass is 308 g/mol. The smallest absolute Gasteiger partial charge is 0.265 e. The number of hydrogen-bond acceptors (Lipinski definition) is 5. The Morgan fingerprint density at radius 3 is 2.67 bits per heavy atom. The molecule has 4 N–H and O–H groups in total. The molecule has 0 spiro atoms. The summed E-state index contributed by atoms with van der Waals surface area (Å²) in [6, 6.07) is 6.17. The predicted octanol–water partition coefficient (Wildman–Crippen LogP) is 2.61. The van der Waals surface area contributed by atoms with Gasteiger partial charge in [0.1, 0.15) is 16.5 Å². The van der Waals surface area contributed by atoms with Gasteiger partial charge in [0, 0.05) is 12.6 Å². The Bertz CT molecular complexity index is 624. The first-order chi connectivity index (χ1) is 9.95. The van der Waals surface area contributed by atoms with Crippen molar-refractivity contribution in [3.8, 4) is 0 Å². The Kier molecular flexibility index (Phi) is 4.74. The van der Waals surface area contributed by atoms with Crippen molar-refractivity contribution in [1.82, 2.24) is 10.3 Å². The quantitative estimate of drug-likeness (QED) is 0.793. The molecular formula is C14H17FN4OS. The van der Waals surface area contributed by atoms with Crippen molar-refractivity contribution < 1.29 is 9.18 Å². The van der Waals surface area contributed by atoms with E-state index in [1.165, 1.54) is 23.5 Å². The summed E-state index contributed by atoms with van der Waals surface area (Å²) in [6.45, 7) is 4.27. The zero-order valence-electron chi connectivity index (χ0n) is 11.8. The topological polar surface area (TPSA) is 80.0 Å². The number of hydrogen-bond donors (Lipinski definition) is 3. The highest BCUT2D eigenvalue weighted by molar-refractivity contribution is 7.18. The number of amides is 1. The van der Waals surface area contributed by atoms with E-state index in [4.69, 9.17) is 5.73 Å². The zero-order valence-corrected chi connectivity index (χ0v) is 12.6. The van der Waals surface area contributed by atoms with Gasteiger partial charge < -0.3 is 16.4 Å². The minimum absolute atomic E-state index is 0.208. The maximum absolute atomic E-state index is 12.8. The number of benzene rings is 1. The molecule has 7 heteroatoms. The van der Waals surface area contributed by atoms with Crippen LogP contribution >= 0.6 is 11.3 Å². The lowest BCUT2D eigenvalue weighted by molar-refractivity contribution is 0.0955. The molecule has 1 heterocycles. The maximum atomic E-state index is 12.8. The second kappa shape index (κ2) is 6.53. The van der Waals surface area contributed by atoms with Gasteiger partial charge >= 0.3 is 0 Å². The van der Waals surface area contributed by atoms with Crippen LogP contribution in [0.5, 0.6) is 0 Å². The lowest BCUT2D eigenvalue weighted by atomic mass is 10.2. The Morgan fingerprint density at radius 2 is 2.05 bits per heavy atom. The fourth-order valence-electron chi connectivity index (χ4n) is 1.67. The van der Waals surface area contributed by atoms with E-state index in [-0.39, 0.29) is 23.6 Å². The van der Waals surface area contributed by atoms with E-state index in [1.54, 1.807) is 12.1 Å². The molecule has 0 aliphatic rings. The van der Waals surface area contributed by atoms with Gasteiger partial charge in [0.15, 0.2) is 5.13 Å². The van der Waals surface area contributed by atoms with Crippen molar-refractivity contribution in [2.75, 3.05) is 11.1 Å². The number of nitrogens with two attached hydrogens (primary N) is 1. The van der Waals surface area contributed by atoms with Crippen LogP contribution in [0.3, 0.4) is 0 Å². The molecule has 1 aromatic carbocycles. The number of carbonyl (C=O) groups excluding carboxylic acids is 1. The highest BCUT2D eigenvalue weighted by Gasteiger charge is 2.16.